The molecule has 0 radical (unpaired) electrons. The molecule has 1 heterocycles. The predicted octanol–water partition coefficient (Wildman–Crippen LogP) is 3.38. The largest absolute Gasteiger partial charge is 0.382 e. The van der Waals surface area contributed by atoms with E-state index in [-0.39, 0.29) is 0 Å². The Kier molecular flexibility index (Phi) is 3.17. The molecule has 2 unspecified atom stereocenters. The molecule has 0 fully saturated rings. The van der Waals surface area contributed by atoms with Gasteiger partial charge in [0.2, 0.25) is 0 Å². The van der Waals surface area contributed by atoms with Crippen LogP contribution in [0, 0.1) is 27.7 Å². The fourth-order valence-corrected chi connectivity index (χ4v) is 3.00. The zero-order chi connectivity index (χ0) is 12.7. The Morgan fingerprint density at radius 3 is 2.18 bits per heavy atom. The van der Waals surface area contributed by atoms with Crippen LogP contribution in [-0.2, 0) is 0 Å². The van der Waals surface area contributed by atoms with E-state index in [0.717, 1.165) is 6.42 Å². The molecule has 1 aliphatic heterocycles. The van der Waals surface area contributed by atoms with Crippen molar-refractivity contribution in [1.29, 1.82) is 0 Å². The highest BCUT2D eigenvalue weighted by Gasteiger charge is 2.27. The van der Waals surface area contributed by atoms with Gasteiger partial charge in [-0.1, -0.05) is 0 Å². The van der Waals surface area contributed by atoms with Crippen molar-refractivity contribution in [2.24, 2.45) is 0 Å². The van der Waals surface area contributed by atoms with Crippen LogP contribution in [0.5, 0.6) is 0 Å². The Morgan fingerprint density at radius 1 is 1.00 bits per heavy atom. The van der Waals surface area contributed by atoms with E-state index in [9.17, 15) is 0 Å². The molecular weight excluding hydrogens is 208 g/mol. The van der Waals surface area contributed by atoms with Crippen LogP contribution in [0.15, 0.2) is 0 Å². The van der Waals surface area contributed by atoms with Crippen molar-refractivity contribution in [2.75, 3.05) is 12.4 Å². The number of anilines is 1. The van der Waals surface area contributed by atoms with Crippen LogP contribution in [0.2, 0.25) is 0 Å². The predicted molar refractivity (Wildman–Crippen MR) is 74.9 cm³/mol. The summed E-state index contributed by atoms with van der Waals surface area (Å²) in [5, 5.41) is 7.13. The first kappa shape index (κ1) is 12.4. The van der Waals surface area contributed by atoms with Crippen LogP contribution < -0.4 is 10.6 Å². The standard InChI is InChI=1S/C15H24N2/c1-8-7-13(16-6)14-11(4)9(2)10(3)12(5)15(14)17-8/h8,13,16-17H,7H2,1-6H3. The Balaban J connectivity index is 2.69. The molecule has 2 atom stereocenters. The second-order valence-electron chi connectivity index (χ2n) is 5.41. The molecule has 94 valence electrons. The van der Waals surface area contributed by atoms with E-state index < -0.39 is 0 Å². The highest BCUT2D eigenvalue weighted by Crippen LogP contribution is 2.40. The molecule has 0 aromatic heterocycles. The highest BCUT2D eigenvalue weighted by atomic mass is 15.0. The van der Waals surface area contributed by atoms with Gasteiger partial charge in [-0.05, 0) is 75.9 Å². The minimum atomic E-state index is 0.485. The van der Waals surface area contributed by atoms with Gasteiger partial charge < -0.3 is 10.6 Å². The summed E-state index contributed by atoms with van der Waals surface area (Å²) in [5.41, 5.74) is 8.57. The lowest BCUT2D eigenvalue weighted by Gasteiger charge is -2.35. The number of benzene rings is 1. The van der Waals surface area contributed by atoms with Gasteiger partial charge in [-0.3, -0.25) is 0 Å². The fraction of sp³-hybridized carbons (Fsp3) is 0.600. The number of hydrogen-bond acceptors (Lipinski definition) is 2. The van der Waals surface area contributed by atoms with Gasteiger partial charge in [0.1, 0.15) is 0 Å². The van der Waals surface area contributed by atoms with Crippen LogP contribution in [0.25, 0.3) is 0 Å². The molecule has 1 aromatic carbocycles. The lowest BCUT2D eigenvalue weighted by molar-refractivity contribution is 0.495. The summed E-state index contributed by atoms with van der Waals surface area (Å²) in [6.45, 7) is 11.2. The highest BCUT2D eigenvalue weighted by molar-refractivity contribution is 5.67. The maximum absolute atomic E-state index is 3.66. The molecule has 2 N–H and O–H groups in total. The Labute approximate surface area is 105 Å². The number of fused-ring (bicyclic) bond motifs is 1. The van der Waals surface area contributed by atoms with Crippen molar-refractivity contribution in [3.63, 3.8) is 0 Å². The summed E-state index contributed by atoms with van der Waals surface area (Å²) in [7, 11) is 2.07. The molecule has 0 amide bonds. The van der Waals surface area contributed by atoms with Gasteiger partial charge in [0.15, 0.2) is 0 Å². The average molecular weight is 232 g/mol. The molecule has 2 heteroatoms. The second kappa shape index (κ2) is 4.34. The van der Waals surface area contributed by atoms with E-state index >= 15 is 0 Å². The molecule has 0 bridgehead atoms. The molecule has 1 aromatic rings. The molecular formula is C15H24N2. The minimum absolute atomic E-state index is 0.485. The summed E-state index contributed by atoms with van der Waals surface area (Å²) in [6.07, 6.45) is 1.16. The van der Waals surface area contributed by atoms with Gasteiger partial charge in [-0.15, -0.1) is 0 Å². The van der Waals surface area contributed by atoms with Gasteiger partial charge in [-0.2, -0.15) is 0 Å². The number of nitrogens with one attached hydrogen (secondary N) is 2. The van der Waals surface area contributed by atoms with Crippen LogP contribution in [0.4, 0.5) is 5.69 Å². The van der Waals surface area contributed by atoms with Crippen molar-refractivity contribution in [3.8, 4) is 0 Å². The van der Waals surface area contributed by atoms with E-state index in [4.69, 9.17) is 0 Å². The zero-order valence-electron chi connectivity index (χ0n) is 11.9. The van der Waals surface area contributed by atoms with E-state index in [1.54, 1.807) is 0 Å². The Hall–Kier alpha value is -1.02. The maximum atomic E-state index is 3.66. The average Bonchev–Trinajstić information content (AvgIpc) is 2.32. The van der Waals surface area contributed by atoms with E-state index in [1.807, 2.05) is 0 Å². The quantitative estimate of drug-likeness (QED) is 0.775. The van der Waals surface area contributed by atoms with Crippen molar-refractivity contribution >= 4 is 5.69 Å². The van der Waals surface area contributed by atoms with Crippen molar-refractivity contribution in [3.05, 3.63) is 27.8 Å². The molecule has 2 rings (SSSR count). The third-order valence-corrected chi connectivity index (χ3v) is 4.41. The van der Waals surface area contributed by atoms with E-state index in [2.05, 4.69) is 52.3 Å². The summed E-state index contributed by atoms with van der Waals surface area (Å²) < 4.78 is 0. The molecule has 0 spiro atoms. The topological polar surface area (TPSA) is 24.1 Å². The third-order valence-electron chi connectivity index (χ3n) is 4.41. The van der Waals surface area contributed by atoms with Crippen molar-refractivity contribution in [1.82, 2.24) is 5.32 Å². The summed E-state index contributed by atoms with van der Waals surface area (Å²) in [5.74, 6) is 0. The molecule has 17 heavy (non-hydrogen) atoms. The smallest absolute Gasteiger partial charge is 0.0426 e. The minimum Gasteiger partial charge on any atom is -0.382 e. The fourth-order valence-electron chi connectivity index (χ4n) is 3.00. The van der Waals surface area contributed by atoms with Crippen LogP contribution in [0.3, 0.4) is 0 Å². The SMILES string of the molecule is CNC1CC(C)Nc2c(C)c(C)c(C)c(C)c21. The second-order valence-corrected chi connectivity index (χ2v) is 5.41. The van der Waals surface area contributed by atoms with Gasteiger partial charge in [-0.25, -0.2) is 0 Å². The Bertz CT molecular complexity index is 449. The molecule has 2 nitrogen and oxygen atoms in total. The van der Waals surface area contributed by atoms with E-state index in [1.165, 1.54) is 33.5 Å². The van der Waals surface area contributed by atoms with Crippen LogP contribution in [0.1, 0.15) is 47.2 Å². The summed E-state index contributed by atoms with van der Waals surface area (Å²) >= 11 is 0. The lowest BCUT2D eigenvalue weighted by Crippen LogP contribution is -2.33. The molecule has 0 aliphatic carbocycles. The first-order valence-corrected chi connectivity index (χ1v) is 6.51. The van der Waals surface area contributed by atoms with Gasteiger partial charge in [0.25, 0.3) is 0 Å². The number of hydrogen-bond donors (Lipinski definition) is 2. The first-order chi connectivity index (χ1) is 7.97. The molecule has 0 saturated heterocycles. The van der Waals surface area contributed by atoms with Crippen molar-refractivity contribution in [2.45, 2.75) is 53.1 Å². The van der Waals surface area contributed by atoms with E-state index in [0.29, 0.717) is 12.1 Å². The molecule has 0 saturated carbocycles. The number of rotatable bonds is 1. The van der Waals surface area contributed by atoms with Crippen molar-refractivity contribution < 1.29 is 0 Å². The first-order valence-electron chi connectivity index (χ1n) is 6.51. The summed E-state index contributed by atoms with van der Waals surface area (Å²) in [6, 6.07) is 1.03. The summed E-state index contributed by atoms with van der Waals surface area (Å²) in [4.78, 5) is 0. The zero-order valence-corrected chi connectivity index (χ0v) is 11.9. The van der Waals surface area contributed by atoms with Gasteiger partial charge in [0, 0.05) is 17.8 Å². The van der Waals surface area contributed by atoms with Crippen LogP contribution >= 0.6 is 0 Å². The maximum Gasteiger partial charge on any atom is 0.0426 e. The van der Waals surface area contributed by atoms with Gasteiger partial charge in [0.05, 0.1) is 0 Å². The molecule has 1 aliphatic rings. The Morgan fingerprint density at radius 2 is 1.59 bits per heavy atom. The van der Waals surface area contributed by atoms with Crippen LogP contribution in [-0.4, -0.2) is 13.1 Å². The third kappa shape index (κ3) is 1.85. The monoisotopic (exact) mass is 232 g/mol. The lowest BCUT2D eigenvalue weighted by atomic mass is 9.84. The van der Waals surface area contributed by atoms with Gasteiger partial charge >= 0.3 is 0 Å². The normalized spacial score (nSPS) is 23.2.